The molecule has 1 heterocycles. The molecule has 0 unspecified atom stereocenters. The van der Waals surface area contributed by atoms with Gasteiger partial charge >= 0.3 is 0 Å². The zero-order chi connectivity index (χ0) is 10.8. The maximum atomic E-state index is 8.92. The van der Waals surface area contributed by atoms with Gasteiger partial charge in [0.2, 0.25) is 0 Å². The molecule has 1 saturated heterocycles. The summed E-state index contributed by atoms with van der Waals surface area (Å²) < 4.78 is 0. The van der Waals surface area contributed by atoms with Gasteiger partial charge in [0.15, 0.2) is 0 Å². The number of aliphatic hydroxyl groups excluding tert-OH is 1. The predicted octanol–water partition coefficient (Wildman–Crippen LogP) is 1.30. The number of nitriles is 1. The van der Waals surface area contributed by atoms with Crippen molar-refractivity contribution in [3.63, 3.8) is 0 Å². The molecule has 1 aromatic rings. The highest BCUT2D eigenvalue weighted by Crippen LogP contribution is 2.25. The van der Waals surface area contributed by atoms with Crippen LogP contribution in [0.15, 0.2) is 18.2 Å². The molecule has 0 atom stereocenters. The van der Waals surface area contributed by atoms with E-state index in [9.17, 15) is 0 Å². The number of aliphatic hydroxyl groups is 1. The van der Waals surface area contributed by atoms with Gasteiger partial charge in [-0.1, -0.05) is 0 Å². The standard InChI is InChI=1S/C12H14N2O/c1-9-4-12(3-2-11(9)5-13)14-6-10(7-14)8-15/h2-4,10,15H,6-8H2,1H3. The third kappa shape index (κ3) is 1.81. The lowest BCUT2D eigenvalue weighted by Gasteiger charge is -2.40. The highest BCUT2D eigenvalue weighted by Gasteiger charge is 2.25. The van der Waals surface area contributed by atoms with Gasteiger partial charge in [-0.3, -0.25) is 0 Å². The molecule has 0 radical (unpaired) electrons. The van der Waals surface area contributed by atoms with E-state index in [-0.39, 0.29) is 6.61 Å². The molecule has 3 heteroatoms. The van der Waals surface area contributed by atoms with Gasteiger partial charge < -0.3 is 10.0 Å². The first kappa shape index (κ1) is 10.0. The van der Waals surface area contributed by atoms with Crippen LogP contribution in [0.4, 0.5) is 5.69 Å². The molecule has 1 aliphatic heterocycles. The lowest BCUT2D eigenvalue weighted by molar-refractivity contribution is 0.201. The first-order chi connectivity index (χ1) is 7.24. The first-order valence-electron chi connectivity index (χ1n) is 5.11. The fourth-order valence-corrected chi connectivity index (χ4v) is 1.87. The van der Waals surface area contributed by atoms with Crippen molar-refractivity contribution in [1.29, 1.82) is 5.26 Å². The molecule has 1 aliphatic rings. The average Bonchev–Trinajstić information content (AvgIpc) is 2.16. The number of aryl methyl sites for hydroxylation is 1. The molecule has 15 heavy (non-hydrogen) atoms. The zero-order valence-electron chi connectivity index (χ0n) is 8.77. The topological polar surface area (TPSA) is 47.3 Å². The van der Waals surface area contributed by atoms with E-state index in [2.05, 4.69) is 11.0 Å². The summed E-state index contributed by atoms with van der Waals surface area (Å²) in [5.74, 6) is 0.418. The lowest BCUT2D eigenvalue weighted by atomic mass is 9.99. The van der Waals surface area contributed by atoms with E-state index in [4.69, 9.17) is 10.4 Å². The van der Waals surface area contributed by atoms with Crippen LogP contribution in [-0.2, 0) is 0 Å². The van der Waals surface area contributed by atoms with Gasteiger partial charge in [0, 0.05) is 31.3 Å². The van der Waals surface area contributed by atoms with Crippen molar-refractivity contribution in [2.24, 2.45) is 5.92 Å². The summed E-state index contributed by atoms with van der Waals surface area (Å²) in [4.78, 5) is 2.22. The van der Waals surface area contributed by atoms with Crippen LogP contribution < -0.4 is 4.90 Å². The Bertz CT molecular complexity index is 403. The minimum atomic E-state index is 0.270. The highest BCUT2D eigenvalue weighted by atomic mass is 16.3. The summed E-state index contributed by atoms with van der Waals surface area (Å²) in [7, 11) is 0. The normalized spacial score (nSPS) is 15.9. The van der Waals surface area contributed by atoms with Crippen molar-refractivity contribution in [1.82, 2.24) is 0 Å². The monoisotopic (exact) mass is 202 g/mol. The van der Waals surface area contributed by atoms with Crippen LogP contribution >= 0.6 is 0 Å². The average molecular weight is 202 g/mol. The first-order valence-corrected chi connectivity index (χ1v) is 5.11. The molecule has 2 rings (SSSR count). The van der Waals surface area contributed by atoms with E-state index in [1.807, 2.05) is 25.1 Å². The van der Waals surface area contributed by atoms with Gasteiger partial charge in [-0.2, -0.15) is 5.26 Å². The fourth-order valence-electron chi connectivity index (χ4n) is 1.87. The number of benzene rings is 1. The Labute approximate surface area is 89.6 Å². The maximum Gasteiger partial charge on any atom is 0.0994 e. The largest absolute Gasteiger partial charge is 0.396 e. The van der Waals surface area contributed by atoms with Crippen LogP contribution in [0, 0.1) is 24.2 Å². The third-order valence-corrected chi connectivity index (χ3v) is 2.91. The minimum absolute atomic E-state index is 0.270. The number of hydrogen-bond acceptors (Lipinski definition) is 3. The number of nitrogens with zero attached hydrogens (tertiary/aromatic N) is 2. The molecule has 3 nitrogen and oxygen atoms in total. The van der Waals surface area contributed by atoms with E-state index in [1.165, 1.54) is 0 Å². The van der Waals surface area contributed by atoms with Gasteiger partial charge in [0.25, 0.3) is 0 Å². The second-order valence-corrected chi connectivity index (χ2v) is 4.06. The number of anilines is 1. The summed E-state index contributed by atoms with van der Waals surface area (Å²) in [6.45, 7) is 4.06. The van der Waals surface area contributed by atoms with Crippen LogP contribution in [0.25, 0.3) is 0 Å². The molecule has 78 valence electrons. The molecule has 0 spiro atoms. The lowest BCUT2D eigenvalue weighted by Crippen LogP contribution is -2.48. The summed E-state index contributed by atoms with van der Waals surface area (Å²) in [5, 5.41) is 17.7. The molecule has 1 fully saturated rings. The van der Waals surface area contributed by atoms with E-state index in [0.717, 1.165) is 29.9 Å². The van der Waals surface area contributed by atoms with E-state index in [0.29, 0.717) is 5.92 Å². The Morgan fingerprint density at radius 3 is 2.80 bits per heavy atom. The molecule has 0 bridgehead atoms. The molecule has 0 amide bonds. The van der Waals surface area contributed by atoms with Crippen molar-refractivity contribution in [3.05, 3.63) is 29.3 Å². The van der Waals surface area contributed by atoms with E-state index in [1.54, 1.807) is 0 Å². The van der Waals surface area contributed by atoms with Crippen molar-refractivity contribution in [3.8, 4) is 6.07 Å². The fraction of sp³-hybridized carbons (Fsp3) is 0.417. The minimum Gasteiger partial charge on any atom is -0.396 e. The number of hydrogen-bond donors (Lipinski definition) is 1. The second kappa shape index (κ2) is 3.92. The van der Waals surface area contributed by atoms with Crippen molar-refractivity contribution in [2.75, 3.05) is 24.6 Å². The predicted molar refractivity (Wildman–Crippen MR) is 58.7 cm³/mol. The molecule has 0 aromatic heterocycles. The summed E-state index contributed by atoms with van der Waals surface area (Å²) in [6, 6.07) is 8.02. The molecular weight excluding hydrogens is 188 g/mol. The maximum absolute atomic E-state index is 8.92. The molecular formula is C12H14N2O. The van der Waals surface area contributed by atoms with Crippen LogP contribution in [0.5, 0.6) is 0 Å². The van der Waals surface area contributed by atoms with Gasteiger partial charge in [0.05, 0.1) is 11.6 Å². The van der Waals surface area contributed by atoms with Crippen LogP contribution in [0.3, 0.4) is 0 Å². The van der Waals surface area contributed by atoms with Crippen LogP contribution in [0.2, 0.25) is 0 Å². The van der Waals surface area contributed by atoms with Gasteiger partial charge in [-0.05, 0) is 30.7 Å². The van der Waals surface area contributed by atoms with Gasteiger partial charge in [0.1, 0.15) is 0 Å². The smallest absolute Gasteiger partial charge is 0.0994 e. The van der Waals surface area contributed by atoms with Crippen LogP contribution in [0.1, 0.15) is 11.1 Å². The SMILES string of the molecule is Cc1cc(N2CC(CO)C2)ccc1C#N. The van der Waals surface area contributed by atoms with Crippen molar-refractivity contribution < 1.29 is 5.11 Å². The quantitative estimate of drug-likeness (QED) is 0.786. The van der Waals surface area contributed by atoms with Crippen molar-refractivity contribution >= 4 is 5.69 Å². The van der Waals surface area contributed by atoms with E-state index < -0.39 is 0 Å². The van der Waals surface area contributed by atoms with E-state index >= 15 is 0 Å². The summed E-state index contributed by atoms with van der Waals surface area (Å²) >= 11 is 0. The molecule has 0 aliphatic carbocycles. The summed E-state index contributed by atoms with van der Waals surface area (Å²) in [6.07, 6.45) is 0. The highest BCUT2D eigenvalue weighted by molar-refractivity contribution is 5.55. The van der Waals surface area contributed by atoms with Crippen LogP contribution in [-0.4, -0.2) is 24.8 Å². The Morgan fingerprint density at radius 1 is 1.53 bits per heavy atom. The molecule has 1 aromatic carbocycles. The third-order valence-electron chi connectivity index (χ3n) is 2.91. The Kier molecular flexibility index (Phi) is 2.61. The van der Waals surface area contributed by atoms with Crippen molar-refractivity contribution in [2.45, 2.75) is 6.92 Å². The van der Waals surface area contributed by atoms with Gasteiger partial charge in [-0.15, -0.1) is 0 Å². The van der Waals surface area contributed by atoms with Gasteiger partial charge in [-0.25, -0.2) is 0 Å². The Balaban J connectivity index is 2.12. The zero-order valence-corrected chi connectivity index (χ0v) is 8.77. The molecule has 0 saturated carbocycles. The molecule has 1 N–H and O–H groups in total. The Hall–Kier alpha value is -1.53. The second-order valence-electron chi connectivity index (χ2n) is 4.06. The number of rotatable bonds is 2. The summed E-state index contributed by atoms with van der Waals surface area (Å²) in [5.41, 5.74) is 2.90. The Morgan fingerprint density at radius 2 is 2.27 bits per heavy atom.